The normalized spacial score (nSPS) is 13.0. The van der Waals surface area contributed by atoms with Crippen molar-refractivity contribution in [2.75, 3.05) is 13.2 Å². The fourth-order valence-corrected chi connectivity index (χ4v) is 3.86. The molecule has 1 aromatic heterocycles. The first-order chi connectivity index (χ1) is 16.0. The molecule has 11 nitrogen and oxygen atoms in total. The van der Waals surface area contributed by atoms with E-state index in [9.17, 15) is 14.4 Å². The number of hydrogen-bond donors (Lipinski definition) is 3. The average molecular weight is 450 g/mol. The number of amides is 2. The van der Waals surface area contributed by atoms with Gasteiger partial charge in [-0.25, -0.2) is 4.79 Å². The van der Waals surface area contributed by atoms with Crippen molar-refractivity contribution >= 4 is 18.0 Å². The number of carbonyl (C=O) groups is 3. The molecule has 1 unspecified atom stereocenters. The van der Waals surface area contributed by atoms with Gasteiger partial charge in [0.2, 0.25) is 5.91 Å². The third kappa shape index (κ3) is 5.14. The van der Waals surface area contributed by atoms with Gasteiger partial charge in [0.1, 0.15) is 12.6 Å². The summed E-state index contributed by atoms with van der Waals surface area (Å²) in [5, 5.41) is 25.1. The van der Waals surface area contributed by atoms with Gasteiger partial charge in [-0.3, -0.25) is 9.59 Å². The summed E-state index contributed by atoms with van der Waals surface area (Å²) in [5.74, 6) is -2.02. The van der Waals surface area contributed by atoms with E-state index < -0.39 is 30.4 Å². The van der Waals surface area contributed by atoms with Crippen LogP contribution in [0.3, 0.4) is 0 Å². The Kier molecular flexibility index (Phi) is 6.58. The molecule has 0 bridgehead atoms. The first-order valence-electron chi connectivity index (χ1n) is 10.3. The number of benzene rings is 2. The lowest BCUT2D eigenvalue weighted by atomic mass is 9.98. The molecule has 33 heavy (non-hydrogen) atoms. The summed E-state index contributed by atoms with van der Waals surface area (Å²) >= 11 is 0. The zero-order valence-corrected chi connectivity index (χ0v) is 17.5. The van der Waals surface area contributed by atoms with Crippen molar-refractivity contribution < 1.29 is 24.2 Å². The van der Waals surface area contributed by atoms with Crippen LogP contribution in [0.25, 0.3) is 11.1 Å². The number of nitrogens with zero attached hydrogens (tertiary/aromatic N) is 4. The third-order valence-electron chi connectivity index (χ3n) is 5.33. The minimum Gasteiger partial charge on any atom is -0.481 e. The largest absolute Gasteiger partial charge is 0.481 e. The van der Waals surface area contributed by atoms with Crippen molar-refractivity contribution in [1.29, 1.82) is 0 Å². The Bertz CT molecular complexity index is 1100. The Balaban J connectivity index is 1.35. The molecule has 0 saturated carbocycles. The molecular weight excluding hydrogens is 428 g/mol. The molecule has 3 aromatic rings. The first kappa shape index (κ1) is 21.9. The number of fused-ring (bicyclic) bond motifs is 3. The quantitative estimate of drug-likeness (QED) is 0.440. The SMILES string of the molecule is O=C(O)CC(NC(=O)OCC1c2ccccc2-c2ccccc21)C(=O)NCCn1ncnn1. The van der Waals surface area contributed by atoms with Gasteiger partial charge < -0.3 is 20.5 Å². The minimum absolute atomic E-state index is 0.0548. The fraction of sp³-hybridized carbons (Fsp3) is 0.273. The predicted molar refractivity (Wildman–Crippen MR) is 115 cm³/mol. The maximum atomic E-state index is 12.4. The molecule has 3 N–H and O–H groups in total. The second kappa shape index (κ2) is 9.90. The lowest BCUT2D eigenvalue weighted by Gasteiger charge is -2.18. The van der Waals surface area contributed by atoms with Crippen molar-refractivity contribution in [2.24, 2.45) is 0 Å². The van der Waals surface area contributed by atoms with Gasteiger partial charge in [0.25, 0.3) is 0 Å². The van der Waals surface area contributed by atoms with Crippen LogP contribution in [0.5, 0.6) is 0 Å². The third-order valence-corrected chi connectivity index (χ3v) is 5.33. The van der Waals surface area contributed by atoms with Crippen LogP contribution < -0.4 is 10.6 Å². The van der Waals surface area contributed by atoms with Crippen molar-refractivity contribution in [3.63, 3.8) is 0 Å². The molecule has 4 rings (SSSR count). The van der Waals surface area contributed by atoms with E-state index in [0.29, 0.717) is 0 Å². The van der Waals surface area contributed by atoms with Crippen LogP contribution in [0.1, 0.15) is 23.5 Å². The van der Waals surface area contributed by atoms with Gasteiger partial charge in [-0.1, -0.05) is 48.5 Å². The molecule has 1 aliphatic carbocycles. The number of carbonyl (C=O) groups excluding carboxylic acids is 2. The summed E-state index contributed by atoms with van der Waals surface area (Å²) in [6.45, 7) is 0.438. The highest BCUT2D eigenvalue weighted by atomic mass is 16.5. The second-order valence-corrected chi connectivity index (χ2v) is 7.44. The second-order valence-electron chi connectivity index (χ2n) is 7.44. The lowest BCUT2D eigenvalue weighted by Crippen LogP contribution is -2.48. The van der Waals surface area contributed by atoms with Crippen LogP contribution >= 0.6 is 0 Å². The maximum Gasteiger partial charge on any atom is 0.407 e. The van der Waals surface area contributed by atoms with Gasteiger partial charge in [-0.15, -0.1) is 10.2 Å². The number of ether oxygens (including phenoxy) is 1. The lowest BCUT2D eigenvalue weighted by molar-refractivity contribution is -0.139. The molecule has 170 valence electrons. The summed E-state index contributed by atoms with van der Waals surface area (Å²) in [7, 11) is 0. The van der Waals surface area contributed by atoms with E-state index >= 15 is 0 Å². The van der Waals surface area contributed by atoms with E-state index in [-0.39, 0.29) is 25.6 Å². The first-order valence-corrected chi connectivity index (χ1v) is 10.3. The minimum atomic E-state index is -1.29. The van der Waals surface area contributed by atoms with E-state index in [1.54, 1.807) is 0 Å². The average Bonchev–Trinajstić information content (AvgIpc) is 3.43. The number of tetrazole rings is 1. The van der Waals surface area contributed by atoms with E-state index in [4.69, 9.17) is 9.84 Å². The summed E-state index contributed by atoms with van der Waals surface area (Å²) < 4.78 is 5.41. The standard InChI is InChI=1S/C22H22N6O5/c29-20(30)11-19(21(31)23-9-10-28-25-13-24-27-28)26-22(32)33-12-18-16-7-3-1-5-14(16)15-6-2-4-8-17(15)18/h1-8,13,18-19H,9-12H2,(H,23,31)(H,26,32)(H,29,30). The monoisotopic (exact) mass is 450 g/mol. The van der Waals surface area contributed by atoms with E-state index in [1.165, 1.54) is 11.1 Å². The van der Waals surface area contributed by atoms with Gasteiger partial charge in [0.05, 0.1) is 13.0 Å². The summed E-state index contributed by atoms with van der Waals surface area (Å²) in [6, 6.07) is 14.5. The molecule has 2 amide bonds. The van der Waals surface area contributed by atoms with Gasteiger partial charge in [-0.2, -0.15) is 4.80 Å². The van der Waals surface area contributed by atoms with Gasteiger partial charge >= 0.3 is 12.1 Å². The maximum absolute atomic E-state index is 12.4. The Hall–Kier alpha value is -4.28. The van der Waals surface area contributed by atoms with Crippen LogP contribution in [-0.2, 0) is 20.9 Å². The Morgan fingerprint density at radius 3 is 2.33 bits per heavy atom. The van der Waals surface area contributed by atoms with Crippen molar-refractivity contribution in [2.45, 2.75) is 24.9 Å². The molecule has 0 radical (unpaired) electrons. The molecule has 0 saturated heterocycles. The van der Waals surface area contributed by atoms with Crippen LogP contribution in [-0.4, -0.2) is 62.5 Å². The van der Waals surface area contributed by atoms with E-state index in [2.05, 4.69) is 26.0 Å². The summed E-state index contributed by atoms with van der Waals surface area (Å²) in [5.41, 5.74) is 4.28. The van der Waals surface area contributed by atoms with Crippen LogP contribution in [0.2, 0.25) is 0 Å². The molecule has 11 heteroatoms. The van der Waals surface area contributed by atoms with Crippen molar-refractivity contribution in [3.05, 3.63) is 66.0 Å². The zero-order chi connectivity index (χ0) is 23.2. The van der Waals surface area contributed by atoms with Gasteiger partial charge in [0.15, 0.2) is 6.33 Å². The van der Waals surface area contributed by atoms with Gasteiger partial charge in [0, 0.05) is 12.5 Å². The number of carboxylic acids is 1. The van der Waals surface area contributed by atoms with Crippen LogP contribution in [0.4, 0.5) is 4.79 Å². The molecule has 1 aliphatic rings. The smallest absolute Gasteiger partial charge is 0.407 e. The highest BCUT2D eigenvalue weighted by Crippen LogP contribution is 2.44. The van der Waals surface area contributed by atoms with Crippen molar-refractivity contribution in [1.82, 2.24) is 30.8 Å². The Labute approximate surface area is 188 Å². The number of carboxylic acid groups (broad SMARTS) is 1. The van der Waals surface area contributed by atoms with Crippen molar-refractivity contribution in [3.8, 4) is 11.1 Å². The fourth-order valence-electron chi connectivity index (χ4n) is 3.86. The number of aromatic nitrogens is 4. The number of rotatable bonds is 9. The highest BCUT2D eigenvalue weighted by Gasteiger charge is 2.30. The molecule has 0 fully saturated rings. The number of alkyl carbamates (subject to hydrolysis) is 1. The number of aliphatic carboxylic acids is 1. The predicted octanol–water partition coefficient (Wildman–Crippen LogP) is 1.17. The topological polar surface area (TPSA) is 148 Å². The Morgan fingerprint density at radius 1 is 1.06 bits per heavy atom. The highest BCUT2D eigenvalue weighted by molar-refractivity contribution is 5.89. The number of hydrogen-bond acceptors (Lipinski definition) is 7. The molecule has 0 aliphatic heterocycles. The van der Waals surface area contributed by atoms with E-state index in [1.807, 2.05) is 48.5 Å². The summed E-state index contributed by atoms with van der Waals surface area (Å²) in [4.78, 5) is 37.3. The van der Waals surface area contributed by atoms with Crippen LogP contribution in [0, 0.1) is 0 Å². The van der Waals surface area contributed by atoms with Crippen LogP contribution in [0.15, 0.2) is 54.9 Å². The van der Waals surface area contributed by atoms with E-state index in [0.717, 1.165) is 22.3 Å². The van der Waals surface area contributed by atoms with Gasteiger partial charge in [-0.05, 0) is 27.5 Å². The molecule has 1 atom stereocenters. The molecule has 2 aromatic carbocycles. The molecule has 0 spiro atoms. The molecular formula is C22H22N6O5. The zero-order valence-electron chi connectivity index (χ0n) is 17.5. The Morgan fingerprint density at radius 2 is 1.73 bits per heavy atom. The summed E-state index contributed by atoms with van der Waals surface area (Å²) in [6.07, 6.45) is -0.193. The molecule has 1 heterocycles. The number of nitrogens with one attached hydrogen (secondary N) is 2.